The van der Waals surface area contributed by atoms with Crippen LogP contribution in [-0.2, 0) is 22.1 Å². The number of hydrogen-bond donors (Lipinski definition) is 0. The molecule has 1 amide bonds. The Morgan fingerprint density at radius 2 is 1.77 bits per heavy atom. The summed E-state index contributed by atoms with van der Waals surface area (Å²) >= 11 is 0. The van der Waals surface area contributed by atoms with Crippen molar-refractivity contribution in [1.82, 2.24) is 14.2 Å². The summed E-state index contributed by atoms with van der Waals surface area (Å²) in [6, 6.07) is 20.2. The van der Waals surface area contributed by atoms with Gasteiger partial charge in [-0.3, -0.25) is 9.78 Å². The molecule has 3 heterocycles. The summed E-state index contributed by atoms with van der Waals surface area (Å²) in [7, 11) is -3.67. The highest BCUT2D eigenvalue weighted by molar-refractivity contribution is 7.89. The zero-order chi connectivity index (χ0) is 20.8. The Hall–Kier alpha value is -3.03. The highest BCUT2D eigenvalue weighted by atomic mass is 32.2. The first kappa shape index (κ1) is 19.0. The second-order valence-corrected chi connectivity index (χ2v) is 9.57. The number of benzene rings is 2. The second-order valence-electron chi connectivity index (χ2n) is 7.74. The lowest BCUT2D eigenvalue weighted by atomic mass is 9.88. The van der Waals surface area contributed by atoms with Gasteiger partial charge in [-0.15, -0.1) is 0 Å². The first-order valence-corrected chi connectivity index (χ1v) is 11.3. The SMILES string of the molecule is O=C(c1cccnc1)N1CC[C@]2(C1)c1ccccc1S(=O)(=O)N2Cc1ccccc1. The van der Waals surface area contributed by atoms with Crippen LogP contribution in [-0.4, -0.2) is 41.6 Å². The van der Waals surface area contributed by atoms with Crippen LogP contribution in [0.15, 0.2) is 84.0 Å². The zero-order valence-corrected chi connectivity index (χ0v) is 17.1. The van der Waals surface area contributed by atoms with Crippen LogP contribution in [0.3, 0.4) is 0 Å². The van der Waals surface area contributed by atoms with Crippen LogP contribution < -0.4 is 0 Å². The number of nitrogens with zero attached hydrogens (tertiary/aromatic N) is 3. The number of carbonyl (C=O) groups is 1. The molecule has 7 heteroatoms. The standard InChI is InChI=1S/C23H21N3O3S/c27-22(19-9-6-13-24-15-19)25-14-12-23(17-25)20-10-4-5-11-21(20)30(28,29)26(23)16-18-7-2-1-3-8-18/h1-11,13,15H,12,14,16-17H2/t23-/m0/s1. The highest BCUT2D eigenvalue weighted by Crippen LogP contribution is 2.50. The molecule has 1 atom stereocenters. The van der Waals surface area contributed by atoms with Crippen molar-refractivity contribution < 1.29 is 13.2 Å². The number of aromatic nitrogens is 1. The van der Waals surface area contributed by atoms with Crippen LogP contribution in [0.5, 0.6) is 0 Å². The molecule has 0 aliphatic carbocycles. The molecule has 1 saturated heterocycles. The van der Waals surface area contributed by atoms with Gasteiger partial charge in [-0.2, -0.15) is 4.31 Å². The molecule has 3 aromatic rings. The fourth-order valence-electron chi connectivity index (χ4n) is 4.61. The Morgan fingerprint density at radius 1 is 1.00 bits per heavy atom. The topological polar surface area (TPSA) is 70.6 Å². The minimum Gasteiger partial charge on any atom is -0.336 e. The third-order valence-electron chi connectivity index (χ3n) is 6.05. The zero-order valence-electron chi connectivity index (χ0n) is 16.3. The van der Waals surface area contributed by atoms with E-state index in [1.165, 1.54) is 0 Å². The van der Waals surface area contributed by atoms with Gasteiger partial charge < -0.3 is 4.90 Å². The minimum atomic E-state index is -3.67. The first-order valence-electron chi connectivity index (χ1n) is 9.88. The van der Waals surface area contributed by atoms with Gasteiger partial charge in [-0.05, 0) is 35.7 Å². The van der Waals surface area contributed by atoms with Crippen molar-refractivity contribution >= 4 is 15.9 Å². The normalized spacial score (nSPS) is 22.3. The third kappa shape index (κ3) is 2.85. The first-order chi connectivity index (χ1) is 14.5. The van der Waals surface area contributed by atoms with Crippen LogP contribution in [0.4, 0.5) is 0 Å². The molecule has 5 rings (SSSR count). The van der Waals surface area contributed by atoms with Crippen LogP contribution in [0.1, 0.15) is 27.9 Å². The molecule has 30 heavy (non-hydrogen) atoms. The van der Waals surface area contributed by atoms with Gasteiger partial charge >= 0.3 is 0 Å². The van der Waals surface area contributed by atoms with Crippen LogP contribution in [0.25, 0.3) is 0 Å². The maximum absolute atomic E-state index is 13.5. The Kier molecular flexibility index (Phi) is 4.45. The van der Waals surface area contributed by atoms with Crippen LogP contribution in [0.2, 0.25) is 0 Å². The summed E-state index contributed by atoms with van der Waals surface area (Å²) in [6.07, 6.45) is 3.74. The van der Waals surface area contributed by atoms with Crippen molar-refractivity contribution in [2.75, 3.05) is 13.1 Å². The van der Waals surface area contributed by atoms with E-state index in [0.717, 1.165) is 11.1 Å². The molecule has 1 aromatic heterocycles. The number of pyridine rings is 1. The number of fused-ring (bicyclic) bond motifs is 2. The molecule has 2 aromatic carbocycles. The lowest BCUT2D eigenvalue weighted by Gasteiger charge is -2.34. The van der Waals surface area contributed by atoms with E-state index in [9.17, 15) is 13.2 Å². The Morgan fingerprint density at radius 3 is 2.53 bits per heavy atom. The lowest BCUT2D eigenvalue weighted by Crippen LogP contribution is -2.46. The molecule has 0 bridgehead atoms. The van der Waals surface area contributed by atoms with E-state index in [2.05, 4.69) is 4.98 Å². The summed E-state index contributed by atoms with van der Waals surface area (Å²) in [5, 5.41) is 0. The fraction of sp³-hybridized carbons (Fsp3) is 0.217. The number of sulfonamides is 1. The number of likely N-dealkylation sites (tertiary alicyclic amines) is 1. The Bertz CT molecular complexity index is 1200. The van der Waals surface area contributed by atoms with Gasteiger partial charge in [-0.25, -0.2) is 8.42 Å². The molecular weight excluding hydrogens is 398 g/mol. The predicted molar refractivity (Wildman–Crippen MR) is 112 cm³/mol. The average Bonchev–Trinajstić information content (AvgIpc) is 3.30. The molecule has 2 aliphatic rings. The van der Waals surface area contributed by atoms with Crippen molar-refractivity contribution in [1.29, 1.82) is 0 Å². The number of hydrogen-bond acceptors (Lipinski definition) is 4. The van der Waals surface area contributed by atoms with E-state index in [-0.39, 0.29) is 12.5 Å². The summed E-state index contributed by atoms with van der Waals surface area (Å²) in [5.74, 6) is -0.124. The van der Waals surface area contributed by atoms with Gasteiger partial charge in [-0.1, -0.05) is 48.5 Å². The molecule has 0 N–H and O–H groups in total. The van der Waals surface area contributed by atoms with Crippen molar-refractivity contribution in [3.63, 3.8) is 0 Å². The van der Waals surface area contributed by atoms with E-state index in [4.69, 9.17) is 0 Å². The van der Waals surface area contributed by atoms with E-state index in [0.29, 0.717) is 30.0 Å². The fourth-order valence-corrected chi connectivity index (χ4v) is 6.66. The summed E-state index contributed by atoms with van der Waals surface area (Å²) in [5.41, 5.74) is 1.45. The van der Waals surface area contributed by atoms with Gasteiger partial charge in [0.1, 0.15) is 0 Å². The molecule has 1 fully saturated rings. The molecule has 0 unspecified atom stereocenters. The summed E-state index contributed by atoms with van der Waals surface area (Å²) in [6.45, 7) is 1.08. The van der Waals surface area contributed by atoms with Gasteiger partial charge in [0.05, 0.1) is 16.0 Å². The minimum absolute atomic E-state index is 0.124. The summed E-state index contributed by atoms with van der Waals surface area (Å²) in [4.78, 5) is 19.2. The largest absolute Gasteiger partial charge is 0.336 e. The quantitative estimate of drug-likeness (QED) is 0.654. The average molecular weight is 420 g/mol. The van der Waals surface area contributed by atoms with Gasteiger partial charge in [0.25, 0.3) is 5.91 Å². The maximum atomic E-state index is 13.5. The molecule has 0 saturated carbocycles. The third-order valence-corrected chi connectivity index (χ3v) is 8.02. The van der Waals surface area contributed by atoms with E-state index >= 15 is 0 Å². The maximum Gasteiger partial charge on any atom is 0.255 e. The smallest absolute Gasteiger partial charge is 0.255 e. The number of rotatable bonds is 3. The van der Waals surface area contributed by atoms with E-state index in [1.54, 1.807) is 45.9 Å². The molecular formula is C23H21N3O3S. The van der Waals surface area contributed by atoms with Crippen LogP contribution in [0, 0.1) is 0 Å². The second kappa shape index (κ2) is 7.04. The molecule has 1 spiro atoms. The predicted octanol–water partition coefficient (Wildman–Crippen LogP) is 3.03. The van der Waals surface area contributed by atoms with Gasteiger partial charge in [0.2, 0.25) is 10.0 Å². The van der Waals surface area contributed by atoms with Gasteiger partial charge in [0, 0.05) is 32.0 Å². The van der Waals surface area contributed by atoms with E-state index < -0.39 is 15.6 Å². The highest BCUT2D eigenvalue weighted by Gasteiger charge is 2.57. The molecule has 0 radical (unpaired) electrons. The van der Waals surface area contributed by atoms with Crippen molar-refractivity contribution in [2.24, 2.45) is 0 Å². The van der Waals surface area contributed by atoms with E-state index in [1.807, 2.05) is 42.5 Å². The number of amides is 1. The summed E-state index contributed by atoms with van der Waals surface area (Å²) < 4.78 is 28.6. The van der Waals surface area contributed by atoms with Gasteiger partial charge in [0.15, 0.2) is 0 Å². The van der Waals surface area contributed by atoms with Crippen molar-refractivity contribution in [3.8, 4) is 0 Å². The molecule has 2 aliphatic heterocycles. The van der Waals surface area contributed by atoms with Crippen LogP contribution >= 0.6 is 0 Å². The Labute approximate surface area is 175 Å². The lowest BCUT2D eigenvalue weighted by molar-refractivity contribution is 0.0762. The van der Waals surface area contributed by atoms with Crippen molar-refractivity contribution in [3.05, 3.63) is 95.8 Å². The molecule has 6 nitrogen and oxygen atoms in total. The Balaban J connectivity index is 1.57. The monoisotopic (exact) mass is 419 g/mol. The molecule has 152 valence electrons. The number of carbonyl (C=O) groups excluding carboxylic acids is 1. The van der Waals surface area contributed by atoms with Crippen molar-refractivity contribution in [2.45, 2.75) is 23.4 Å².